The first kappa shape index (κ1) is 20.2. The number of nitrogens with zero attached hydrogens (tertiary/aromatic N) is 2. The van der Waals surface area contributed by atoms with Gasteiger partial charge in [0.1, 0.15) is 11.5 Å². The van der Waals surface area contributed by atoms with E-state index >= 15 is 0 Å². The van der Waals surface area contributed by atoms with Gasteiger partial charge in [0.15, 0.2) is 6.61 Å². The molecule has 0 fully saturated rings. The number of anilines is 2. The van der Waals surface area contributed by atoms with Crippen molar-refractivity contribution >= 4 is 29.0 Å². The average molecular weight is 397 g/mol. The van der Waals surface area contributed by atoms with Crippen LogP contribution in [-0.2, 0) is 9.53 Å². The van der Waals surface area contributed by atoms with Crippen molar-refractivity contribution in [2.45, 2.75) is 13.3 Å². The van der Waals surface area contributed by atoms with Crippen molar-refractivity contribution in [1.82, 2.24) is 0 Å². The highest BCUT2D eigenvalue weighted by atomic mass is 16.5. The van der Waals surface area contributed by atoms with Crippen LogP contribution < -0.4 is 19.8 Å². The minimum Gasteiger partial charge on any atom is -0.497 e. The van der Waals surface area contributed by atoms with Crippen molar-refractivity contribution in [3.05, 3.63) is 48.0 Å². The summed E-state index contributed by atoms with van der Waals surface area (Å²) in [6.45, 7) is 2.40. The van der Waals surface area contributed by atoms with E-state index in [4.69, 9.17) is 14.2 Å². The Morgan fingerprint density at radius 1 is 1.10 bits per heavy atom. The Hall–Kier alpha value is -3.55. The van der Waals surface area contributed by atoms with Crippen LogP contribution in [-0.4, -0.2) is 45.0 Å². The standard InChI is InChI=1S/C21H23N3O5/c1-14-10-11-24(23-14)16-6-4-15(5-7-16)21(26)29-13-20(25)22-18-9-8-17(27-2)12-19(18)28-3/h4-9,12H,10-11,13H2,1-3H3,(H,22,25). The number of benzene rings is 2. The number of esters is 1. The smallest absolute Gasteiger partial charge is 0.338 e. The van der Waals surface area contributed by atoms with Crippen LogP contribution in [0.2, 0.25) is 0 Å². The summed E-state index contributed by atoms with van der Waals surface area (Å²) in [5.74, 6) is -0.00116. The van der Waals surface area contributed by atoms with Gasteiger partial charge in [0.25, 0.3) is 5.91 Å². The zero-order chi connectivity index (χ0) is 20.8. The van der Waals surface area contributed by atoms with Crippen molar-refractivity contribution < 1.29 is 23.8 Å². The van der Waals surface area contributed by atoms with E-state index in [1.807, 2.05) is 11.9 Å². The highest BCUT2D eigenvalue weighted by Gasteiger charge is 2.15. The topological polar surface area (TPSA) is 89.5 Å². The molecule has 0 saturated carbocycles. The largest absolute Gasteiger partial charge is 0.497 e. The number of nitrogens with one attached hydrogen (secondary N) is 1. The minimum atomic E-state index is -0.575. The molecule has 0 unspecified atom stereocenters. The van der Waals surface area contributed by atoms with Crippen molar-refractivity contribution in [1.29, 1.82) is 0 Å². The maximum Gasteiger partial charge on any atom is 0.338 e. The lowest BCUT2D eigenvalue weighted by molar-refractivity contribution is -0.119. The monoisotopic (exact) mass is 397 g/mol. The van der Waals surface area contributed by atoms with Gasteiger partial charge in [-0.25, -0.2) is 4.79 Å². The molecule has 0 bridgehead atoms. The van der Waals surface area contributed by atoms with Crippen LogP contribution in [0, 0.1) is 0 Å². The van der Waals surface area contributed by atoms with Crippen LogP contribution >= 0.6 is 0 Å². The van der Waals surface area contributed by atoms with Gasteiger partial charge >= 0.3 is 5.97 Å². The van der Waals surface area contributed by atoms with Gasteiger partial charge in [-0.1, -0.05) is 0 Å². The van der Waals surface area contributed by atoms with E-state index in [0.717, 1.165) is 24.4 Å². The summed E-state index contributed by atoms with van der Waals surface area (Å²) in [5, 5.41) is 8.96. The fraction of sp³-hybridized carbons (Fsp3) is 0.286. The molecule has 0 aliphatic carbocycles. The summed E-state index contributed by atoms with van der Waals surface area (Å²) >= 11 is 0. The molecular weight excluding hydrogens is 374 g/mol. The van der Waals surface area contributed by atoms with Gasteiger partial charge < -0.3 is 19.5 Å². The van der Waals surface area contributed by atoms with Gasteiger partial charge in [-0.15, -0.1) is 0 Å². The Morgan fingerprint density at radius 3 is 2.48 bits per heavy atom. The molecule has 1 heterocycles. The van der Waals surface area contributed by atoms with E-state index in [0.29, 0.717) is 22.7 Å². The SMILES string of the molecule is COc1ccc(NC(=O)COC(=O)c2ccc(N3CCC(C)=N3)cc2)c(OC)c1. The fourth-order valence-electron chi connectivity index (χ4n) is 2.83. The first-order valence-electron chi connectivity index (χ1n) is 9.11. The van der Waals surface area contributed by atoms with Crippen molar-refractivity contribution in [2.24, 2.45) is 5.10 Å². The second kappa shape index (κ2) is 9.09. The Balaban J connectivity index is 1.54. The molecule has 8 nitrogen and oxygen atoms in total. The van der Waals surface area contributed by atoms with Crippen LogP contribution in [0.5, 0.6) is 11.5 Å². The highest BCUT2D eigenvalue weighted by molar-refractivity contribution is 5.96. The molecule has 152 valence electrons. The van der Waals surface area contributed by atoms with Crippen LogP contribution in [0.15, 0.2) is 47.6 Å². The molecule has 0 aromatic heterocycles. The molecule has 8 heteroatoms. The second-order valence-electron chi connectivity index (χ2n) is 6.45. The molecule has 1 aliphatic rings. The van der Waals surface area contributed by atoms with Gasteiger partial charge in [0.2, 0.25) is 0 Å². The summed E-state index contributed by atoms with van der Waals surface area (Å²) in [6, 6.07) is 11.9. The van der Waals surface area contributed by atoms with E-state index in [1.54, 1.807) is 49.6 Å². The molecule has 0 atom stereocenters. The third-order valence-corrected chi connectivity index (χ3v) is 4.40. The number of carbonyl (C=O) groups is 2. The number of hydrogen-bond acceptors (Lipinski definition) is 7. The van der Waals surface area contributed by atoms with E-state index in [9.17, 15) is 9.59 Å². The lowest BCUT2D eigenvalue weighted by Gasteiger charge is -2.14. The zero-order valence-corrected chi connectivity index (χ0v) is 16.6. The van der Waals surface area contributed by atoms with Crippen molar-refractivity contribution in [2.75, 3.05) is 37.7 Å². The summed E-state index contributed by atoms with van der Waals surface area (Å²) < 4.78 is 15.5. The Labute approximate surface area is 169 Å². The Morgan fingerprint density at radius 2 is 1.86 bits per heavy atom. The van der Waals surface area contributed by atoms with Crippen LogP contribution in [0.25, 0.3) is 0 Å². The maximum atomic E-state index is 12.2. The third-order valence-electron chi connectivity index (χ3n) is 4.40. The van der Waals surface area contributed by atoms with Crippen LogP contribution in [0.3, 0.4) is 0 Å². The fourth-order valence-corrected chi connectivity index (χ4v) is 2.83. The lowest BCUT2D eigenvalue weighted by atomic mass is 10.2. The molecular formula is C21H23N3O5. The van der Waals surface area contributed by atoms with E-state index in [-0.39, 0.29) is 0 Å². The first-order valence-corrected chi connectivity index (χ1v) is 9.11. The lowest BCUT2D eigenvalue weighted by Crippen LogP contribution is -2.21. The predicted molar refractivity (Wildman–Crippen MR) is 110 cm³/mol. The summed E-state index contributed by atoms with van der Waals surface area (Å²) in [4.78, 5) is 24.3. The average Bonchev–Trinajstić information content (AvgIpc) is 3.18. The Kier molecular flexibility index (Phi) is 6.33. The molecule has 1 amide bonds. The number of carbonyl (C=O) groups excluding carboxylic acids is 2. The molecule has 1 aliphatic heterocycles. The molecule has 1 N–H and O–H groups in total. The molecule has 29 heavy (non-hydrogen) atoms. The minimum absolute atomic E-state index is 0.364. The number of hydrazone groups is 1. The summed E-state index contributed by atoms with van der Waals surface area (Å²) in [6.07, 6.45) is 0.928. The van der Waals surface area contributed by atoms with E-state index in [1.165, 1.54) is 7.11 Å². The van der Waals surface area contributed by atoms with E-state index < -0.39 is 18.5 Å². The third kappa shape index (κ3) is 5.04. The molecule has 0 radical (unpaired) electrons. The Bertz CT molecular complexity index is 924. The summed E-state index contributed by atoms with van der Waals surface area (Å²) in [7, 11) is 3.03. The zero-order valence-electron chi connectivity index (χ0n) is 16.6. The molecule has 2 aromatic carbocycles. The summed E-state index contributed by atoms with van der Waals surface area (Å²) in [5.41, 5.74) is 2.80. The van der Waals surface area contributed by atoms with E-state index in [2.05, 4.69) is 10.4 Å². The molecule has 0 saturated heterocycles. The number of ether oxygens (including phenoxy) is 3. The van der Waals surface area contributed by atoms with Gasteiger partial charge in [-0.2, -0.15) is 5.10 Å². The number of rotatable bonds is 7. The van der Waals surface area contributed by atoms with Crippen molar-refractivity contribution in [3.8, 4) is 11.5 Å². The van der Waals surface area contributed by atoms with Crippen LogP contribution in [0.4, 0.5) is 11.4 Å². The van der Waals surface area contributed by atoms with Gasteiger partial charge in [0.05, 0.1) is 31.2 Å². The van der Waals surface area contributed by atoms with Crippen LogP contribution in [0.1, 0.15) is 23.7 Å². The molecule has 3 rings (SSSR count). The number of hydrogen-bond donors (Lipinski definition) is 1. The predicted octanol–water partition coefficient (Wildman–Crippen LogP) is 3.09. The highest BCUT2D eigenvalue weighted by Crippen LogP contribution is 2.29. The molecule has 0 spiro atoms. The van der Waals surface area contributed by atoms with Gasteiger partial charge in [-0.05, 0) is 43.3 Å². The maximum absolute atomic E-state index is 12.2. The number of methoxy groups -OCH3 is 2. The molecule has 2 aromatic rings. The van der Waals surface area contributed by atoms with Gasteiger partial charge in [-0.3, -0.25) is 9.80 Å². The quantitative estimate of drug-likeness (QED) is 0.722. The number of amides is 1. The van der Waals surface area contributed by atoms with Crippen molar-refractivity contribution in [3.63, 3.8) is 0 Å². The second-order valence-corrected chi connectivity index (χ2v) is 6.45. The normalized spacial score (nSPS) is 12.9. The van der Waals surface area contributed by atoms with Gasteiger partial charge in [0, 0.05) is 24.7 Å². The first-order chi connectivity index (χ1) is 14.0.